The lowest BCUT2D eigenvalue weighted by Crippen LogP contribution is -2.38. The Morgan fingerprint density at radius 3 is 2.50 bits per heavy atom. The number of fused-ring (bicyclic) bond motifs is 1. The Kier molecular flexibility index (Phi) is 3.88. The molecule has 7 heteroatoms. The van der Waals surface area contributed by atoms with Crippen molar-refractivity contribution >= 4 is 22.7 Å². The summed E-state index contributed by atoms with van der Waals surface area (Å²) in [6.45, 7) is 1.48. The molecule has 0 fully saturated rings. The number of hydrogen-bond acceptors (Lipinski definition) is 7. The van der Waals surface area contributed by atoms with Crippen LogP contribution in [0.25, 0.3) is 10.9 Å². The number of carbonyl (C=O) groups excluding carboxylic acids is 1. The summed E-state index contributed by atoms with van der Waals surface area (Å²) in [6, 6.07) is 2.52. The molecular weight excluding hydrogens is 262 g/mol. The van der Waals surface area contributed by atoms with E-state index in [1.807, 2.05) is 0 Å². The number of nitrogens with zero attached hydrogens (tertiary/aromatic N) is 2. The Balaban J connectivity index is 2.53. The van der Waals surface area contributed by atoms with Crippen LogP contribution < -0.4 is 19.9 Å². The number of aliphatic carboxylic acids is 1. The maximum atomic E-state index is 10.8. The second-order valence-electron chi connectivity index (χ2n) is 4.13. The molecule has 7 nitrogen and oxygen atoms in total. The first-order chi connectivity index (χ1) is 9.56. The molecular formula is C13H14N3O4-. The summed E-state index contributed by atoms with van der Waals surface area (Å²) in [5.74, 6) is 0.237. The maximum Gasteiger partial charge on any atom is 0.162 e. The minimum Gasteiger partial charge on any atom is -0.548 e. The first-order valence-electron chi connectivity index (χ1n) is 5.91. The number of methoxy groups -OCH3 is 2. The predicted octanol–water partition coefficient (Wildman–Crippen LogP) is 0.197. The standard InChI is InChI=1S/C13H15N3O4/c1-7(13(17)18)16-12-8-4-10(19-2)11(20-3)5-9(8)14-6-15-12/h4-7H,1-3H3,(H,17,18)(H,14,15,16)/p-1/t7-/m1/s1. The van der Waals surface area contributed by atoms with Gasteiger partial charge in [-0.15, -0.1) is 0 Å². The van der Waals surface area contributed by atoms with Gasteiger partial charge in [-0.05, 0) is 13.0 Å². The molecule has 0 bridgehead atoms. The normalized spacial score (nSPS) is 11.9. The lowest BCUT2D eigenvalue weighted by molar-refractivity contribution is -0.306. The van der Waals surface area contributed by atoms with Crippen molar-refractivity contribution in [2.75, 3.05) is 19.5 Å². The number of nitrogens with one attached hydrogen (secondary N) is 1. The molecule has 1 atom stereocenters. The van der Waals surface area contributed by atoms with Gasteiger partial charge in [0.1, 0.15) is 12.1 Å². The molecule has 0 saturated heterocycles. The molecule has 106 valence electrons. The summed E-state index contributed by atoms with van der Waals surface area (Å²) in [6.07, 6.45) is 1.35. The second-order valence-corrected chi connectivity index (χ2v) is 4.13. The largest absolute Gasteiger partial charge is 0.548 e. The van der Waals surface area contributed by atoms with Gasteiger partial charge in [-0.25, -0.2) is 9.97 Å². The number of anilines is 1. The summed E-state index contributed by atoms with van der Waals surface area (Å²) < 4.78 is 10.4. The lowest BCUT2D eigenvalue weighted by Gasteiger charge is -2.17. The number of carbonyl (C=O) groups is 1. The van der Waals surface area contributed by atoms with Gasteiger partial charge in [0.15, 0.2) is 11.5 Å². The zero-order valence-electron chi connectivity index (χ0n) is 11.3. The van der Waals surface area contributed by atoms with Gasteiger partial charge in [0, 0.05) is 11.5 Å². The van der Waals surface area contributed by atoms with E-state index in [1.165, 1.54) is 27.5 Å². The van der Waals surface area contributed by atoms with Gasteiger partial charge >= 0.3 is 0 Å². The van der Waals surface area contributed by atoms with Crippen molar-refractivity contribution in [3.05, 3.63) is 18.5 Å². The van der Waals surface area contributed by atoms with Crippen molar-refractivity contribution in [3.8, 4) is 11.5 Å². The summed E-state index contributed by atoms with van der Waals surface area (Å²) in [7, 11) is 3.05. The number of carboxylic acid groups (broad SMARTS) is 1. The number of benzene rings is 1. The van der Waals surface area contributed by atoms with Crippen molar-refractivity contribution < 1.29 is 19.4 Å². The summed E-state index contributed by atoms with van der Waals surface area (Å²) >= 11 is 0. The molecule has 0 radical (unpaired) electrons. The molecule has 0 aliphatic carbocycles. The smallest absolute Gasteiger partial charge is 0.162 e. The van der Waals surface area contributed by atoms with Crippen molar-refractivity contribution in [2.45, 2.75) is 13.0 Å². The van der Waals surface area contributed by atoms with Crippen molar-refractivity contribution in [3.63, 3.8) is 0 Å². The molecule has 2 rings (SSSR count). The predicted molar refractivity (Wildman–Crippen MR) is 70.7 cm³/mol. The van der Waals surface area contributed by atoms with E-state index in [1.54, 1.807) is 12.1 Å². The first kappa shape index (κ1) is 13.9. The van der Waals surface area contributed by atoms with Gasteiger partial charge in [0.2, 0.25) is 0 Å². The average Bonchev–Trinajstić information content (AvgIpc) is 2.45. The minimum absolute atomic E-state index is 0.396. The fourth-order valence-electron chi connectivity index (χ4n) is 1.76. The Bertz CT molecular complexity index is 645. The fraction of sp³-hybridized carbons (Fsp3) is 0.308. The van der Waals surface area contributed by atoms with Crippen LogP contribution in [0, 0.1) is 0 Å². The third-order valence-electron chi connectivity index (χ3n) is 2.85. The molecule has 0 unspecified atom stereocenters. The third-order valence-corrected chi connectivity index (χ3v) is 2.85. The number of rotatable bonds is 5. The summed E-state index contributed by atoms with van der Waals surface area (Å²) in [4.78, 5) is 19.0. The SMILES string of the molecule is COc1cc2ncnc(N[C@H](C)C(=O)[O-])c2cc1OC. The zero-order valence-corrected chi connectivity index (χ0v) is 11.3. The highest BCUT2D eigenvalue weighted by atomic mass is 16.5. The van der Waals surface area contributed by atoms with E-state index in [0.29, 0.717) is 28.2 Å². The van der Waals surface area contributed by atoms with Crippen molar-refractivity contribution in [1.29, 1.82) is 0 Å². The van der Waals surface area contributed by atoms with Crippen LogP contribution in [0.2, 0.25) is 0 Å². The fourth-order valence-corrected chi connectivity index (χ4v) is 1.76. The van der Waals surface area contributed by atoms with Crippen LogP contribution in [0.3, 0.4) is 0 Å². The van der Waals surface area contributed by atoms with E-state index in [0.717, 1.165) is 0 Å². The van der Waals surface area contributed by atoms with Crippen LogP contribution in [-0.2, 0) is 4.79 Å². The highest BCUT2D eigenvalue weighted by Gasteiger charge is 2.12. The van der Waals surface area contributed by atoms with E-state index in [4.69, 9.17) is 9.47 Å². The van der Waals surface area contributed by atoms with Crippen molar-refractivity contribution in [2.24, 2.45) is 0 Å². The van der Waals surface area contributed by atoms with Gasteiger partial charge in [-0.1, -0.05) is 0 Å². The van der Waals surface area contributed by atoms with Gasteiger partial charge in [0.25, 0.3) is 0 Å². The van der Waals surface area contributed by atoms with Gasteiger partial charge < -0.3 is 24.7 Å². The molecule has 2 aromatic rings. The Morgan fingerprint density at radius 1 is 1.25 bits per heavy atom. The summed E-state index contributed by atoms with van der Waals surface area (Å²) in [5.41, 5.74) is 0.616. The topological polar surface area (TPSA) is 96.4 Å². The highest BCUT2D eigenvalue weighted by molar-refractivity contribution is 5.92. The third kappa shape index (κ3) is 2.56. The van der Waals surface area contributed by atoms with E-state index in [-0.39, 0.29) is 0 Å². The molecule has 1 N–H and O–H groups in total. The molecule has 0 amide bonds. The van der Waals surface area contributed by atoms with Crippen LogP contribution in [0.5, 0.6) is 11.5 Å². The van der Waals surface area contributed by atoms with Crippen LogP contribution in [-0.4, -0.2) is 36.2 Å². The molecule has 1 heterocycles. The number of aromatic nitrogens is 2. The molecule has 1 aromatic carbocycles. The van der Waals surface area contributed by atoms with Crippen LogP contribution in [0.4, 0.5) is 5.82 Å². The second kappa shape index (κ2) is 5.60. The number of hydrogen-bond donors (Lipinski definition) is 1. The van der Waals surface area contributed by atoms with E-state index in [2.05, 4.69) is 15.3 Å². The number of ether oxygens (including phenoxy) is 2. The van der Waals surface area contributed by atoms with E-state index in [9.17, 15) is 9.90 Å². The van der Waals surface area contributed by atoms with Gasteiger partial charge in [-0.3, -0.25) is 0 Å². The van der Waals surface area contributed by atoms with Crippen LogP contribution in [0.15, 0.2) is 18.5 Å². The zero-order chi connectivity index (χ0) is 14.7. The van der Waals surface area contributed by atoms with Gasteiger partial charge in [-0.2, -0.15) is 0 Å². The maximum absolute atomic E-state index is 10.8. The monoisotopic (exact) mass is 276 g/mol. The molecule has 0 saturated carbocycles. The Labute approximate surface area is 115 Å². The molecule has 0 aliphatic heterocycles. The summed E-state index contributed by atoms with van der Waals surface area (Å²) in [5, 5.41) is 14.2. The average molecular weight is 276 g/mol. The minimum atomic E-state index is -1.21. The van der Waals surface area contributed by atoms with E-state index >= 15 is 0 Å². The van der Waals surface area contributed by atoms with Crippen LogP contribution in [0.1, 0.15) is 6.92 Å². The first-order valence-corrected chi connectivity index (χ1v) is 5.91. The molecule has 0 aliphatic rings. The Hall–Kier alpha value is -2.57. The van der Waals surface area contributed by atoms with Crippen LogP contribution >= 0.6 is 0 Å². The Morgan fingerprint density at radius 2 is 1.90 bits per heavy atom. The quantitative estimate of drug-likeness (QED) is 0.833. The molecule has 1 aromatic heterocycles. The van der Waals surface area contributed by atoms with Crippen molar-refractivity contribution in [1.82, 2.24) is 9.97 Å². The molecule has 20 heavy (non-hydrogen) atoms. The van der Waals surface area contributed by atoms with Gasteiger partial charge in [0.05, 0.1) is 31.7 Å². The van der Waals surface area contributed by atoms with E-state index < -0.39 is 12.0 Å². The molecule has 0 spiro atoms. The lowest BCUT2D eigenvalue weighted by atomic mass is 10.2. The number of carboxylic acids is 1. The highest BCUT2D eigenvalue weighted by Crippen LogP contribution is 2.33.